The number of ether oxygens (including phenoxy) is 1. The van der Waals surface area contributed by atoms with Gasteiger partial charge in [0.1, 0.15) is 29.1 Å². The number of amides is 1. The van der Waals surface area contributed by atoms with Gasteiger partial charge in [-0.1, -0.05) is 18.1 Å². The van der Waals surface area contributed by atoms with Crippen molar-refractivity contribution in [1.82, 2.24) is 14.5 Å². The Morgan fingerprint density at radius 3 is 2.59 bits per heavy atom. The van der Waals surface area contributed by atoms with Crippen LogP contribution in [0.4, 0.5) is 11.5 Å². The fourth-order valence-electron chi connectivity index (χ4n) is 3.66. The van der Waals surface area contributed by atoms with E-state index in [-0.39, 0.29) is 17.3 Å². The zero-order valence-corrected chi connectivity index (χ0v) is 18.7. The Hall–Kier alpha value is -3.41. The lowest BCUT2D eigenvalue weighted by atomic mass is 10.1. The number of carbonyl (C=O) groups excluding carboxylic acids is 1. The molecule has 8 nitrogen and oxygen atoms in total. The van der Waals surface area contributed by atoms with Crippen LogP contribution in [0.5, 0.6) is 0 Å². The van der Waals surface area contributed by atoms with Crippen LogP contribution in [0.25, 0.3) is 11.0 Å². The number of nitrogen functional groups attached to an aromatic ring is 1. The summed E-state index contributed by atoms with van der Waals surface area (Å²) in [5.74, 6) is 5.73. The monoisotopic (exact) mass is 433 g/mol. The number of fused-ring (bicyclic) bond motifs is 1. The van der Waals surface area contributed by atoms with Crippen LogP contribution in [0, 0.1) is 11.8 Å². The third-order valence-electron chi connectivity index (χ3n) is 5.53. The largest absolute Gasteiger partial charge is 0.383 e. The van der Waals surface area contributed by atoms with Crippen molar-refractivity contribution in [3.05, 3.63) is 47.4 Å². The summed E-state index contributed by atoms with van der Waals surface area (Å²) in [6, 6.07) is 7.41. The average molecular weight is 434 g/mol. The highest BCUT2D eigenvalue weighted by Crippen LogP contribution is 2.47. The summed E-state index contributed by atoms with van der Waals surface area (Å²) in [4.78, 5) is 22.1. The van der Waals surface area contributed by atoms with E-state index in [9.17, 15) is 9.90 Å². The van der Waals surface area contributed by atoms with Gasteiger partial charge in [-0.3, -0.25) is 4.79 Å². The fourth-order valence-corrected chi connectivity index (χ4v) is 3.66. The molecule has 0 bridgehead atoms. The van der Waals surface area contributed by atoms with E-state index >= 15 is 0 Å². The number of methoxy groups -OCH3 is 1. The Kier molecular flexibility index (Phi) is 5.41. The maximum atomic E-state index is 13.5. The minimum atomic E-state index is -1.23. The SMILES string of the molecule is COCc1ccc(NC(=O)c2c(C#CC(C)(C)O)n(C3(C)CC3)c3ncnc(N)c23)cc1. The van der Waals surface area contributed by atoms with Crippen molar-refractivity contribution in [1.29, 1.82) is 0 Å². The van der Waals surface area contributed by atoms with Gasteiger partial charge in [0.05, 0.1) is 17.6 Å². The second-order valence-electron chi connectivity index (χ2n) is 8.91. The molecule has 0 saturated heterocycles. The molecule has 4 rings (SSSR count). The first-order valence-corrected chi connectivity index (χ1v) is 10.4. The van der Waals surface area contributed by atoms with Crippen LogP contribution < -0.4 is 11.1 Å². The topological polar surface area (TPSA) is 115 Å². The van der Waals surface area contributed by atoms with Gasteiger partial charge in [-0.2, -0.15) is 0 Å². The Labute approximate surface area is 186 Å². The van der Waals surface area contributed by atoms with Crippen molar-refractivity contribution in [3.8, 4) is 11.8 Å². The van der Waals surface area contributed by atoms with E-state index < -0.39 is 5.60 Å². The second-order valence-corrected chi connectivity index (χ2v) is 8.91. The molecule has 166 valence electrons. The number of rotatable bonds is 5. The van der Waals surface area contributed by atoms with Gasteiger partial charge in [-0.15, -0.1) is 0 Å². The molecule has 0 spiro atoms. The van der Waals surface area contributed by atoms with Gasteiger partial charge in [0.15, 0.2) is 0 Å². The number of anilines is 2. The van der Waals surface area contributed by atoms with Gasteiger partial charge in [-0.05, 0) is 57.2 Å². The van der Waals surface area contributed by atoms with Crippen LogP contribution in [0.3, 0.4) is 0 Å². The molecule has 2 aromatic heterocycles. The maximum Gasteiger partial charge on any atom is 0.259 e. The standard InChI is InChI=1S/C24H27N5O3/c1-23(2,31)10-9-17-18(22(30)28-16-7-5-15(6-8-16)13-32-4)19-20(25)26-14-27-21(19)29(17)24(3)11-12-24/h5-8,14,31H,11-13H2,1-4H3,(H,28,30)(H2,25,26,27). The zero-order valence-electron chi connectivity index (χ0n) is 18.7. The number of hydrogen-bond donors (Lipinski definition) is 3. The maximum absolute atomic E-state index is 13.5. The predicted molar refractivity (Wildman–Crippen MR) is 123 cm³/mol. The first kappa shape index (κ1) is 21.8. The first-order valence-electron chi connectivity index (χ1n) is 10.4. The first-order chi connectivity index (χ1) is 15.1. The third-order valence-corrected chi connectivity index (χ3v) is 5.53. The summed E-state index contributed by atoms with van der Waals surface area (Å²) in [5, 5.41) is 13.6. The van der Waals surface area contributed by atoms with Crippen LogP contribution in [-0.4, -0.2) is 38.3 Å². The van der Waals surface area contributed by atoms with E-state index in [1.165, 1.54) is 6.33 Å². The number of nitrogens with zero attached hydrogens (tertiary/aromatic N) is 3. The lowest BCUT2D eigenvalue weighted by molar-refractivity contribution is 0.102. The molecule has 1 saturated carbocycles. The van der Waals surface area contributed by atoms with Crippen LogP contribution in [0.2, 0.25) is 0 Å². The molecule has 0 unspecified atom stereocenters. The highest BCUT2D eigenvalue weighted by atomic mass is 16.5. The Bertz CT molecular complexity index is 1240. The van der Waals surface area contributed by atoms with Crippen LogP contribution >= 0.6 is 0 Å². The Morgan fingerprint density at radius 2 is 2.00 bits per heavy atom. The highest BCUT2D eigenvalue weighted by molar-refractivity contribution is 6.16. The summed E-state index contributed by atoms with van der Waals surface area (Å²) >= 11 is 0. The van der Waals surface area contributed by atoms with Crippen molar-refractivity contribution < 1.29 is 14.6 Å². The fraction of sp³-hybridized carbons (Fsp3) is 0.375. The van der Waals surface area contributed by atoms with Crippen molar-refractivity contribution in [2.24, 2.45) is 0 Å². The molecular formula is C24H27N5O3. The third kappa shape index (κ3) is 4.17. The molecule has 1 amide bonds. The minimum Gasteiger partial charge on any atom is -0.383 e. The molecule has 1 aliphatic carbocycles. The number of aliphatic hydroxyl groups is 1. The molecule has 0 radical (unpaired) electrons. The highest BCUT2D eigenvalue weighted by Gasteiger charge is 2.44. The number of benzene rings is 1. The molecule has 1 aliphatic rings. The summed E-state index contributed by atoms with van der Waals surface area (Å²) in [7, 11) is 1.63. The average Bonchev–Trinajstić information content (AvgIpc) is 3.36. The van der Waals surface area contributed by atoms with E-state index in [2.05, 4.69) is 34.0 Å². The number of hydrogen-bond acceptors (Lipinski definition) is 6. The molecule has 3 aromatic rings. The molecule has 2 heterocycles. The predicted octanol–water partition coefficient (Wildman–Crippen LogP) is 3.04. The quantitative estimate of drug-likeness (QED) is 0.533. The van der Waals surface area contributed by atoms with E-state index in [0.29, 0.717) is 34.6 Å². The van der Waals surface area contributed by atoms with E-state index in [4.69, 9.17) is 10.5 Å². The molecular weight excluding hydrogens is 406 g/mol. The smallest absolute Gasteiger partial charge is 0.259 e. The summed E-state index contributed by atoms with van der Waals surface area (Å²) in [5.41, 5.74) is 7.75. The minimum absolute atomic E-state index is 0.213. The number of nitrogens with one attached hydrogen (secondary N) is 1. The normalized spacial score (nSPS) is 14.7. The van der Waals surface area contributed by atoms with Crippen molar-refractivity contribution in [3.63, 3.8) is 0 Å². The lowest BCUT2D eigenvalue weighted by Gasteiger charge is -2.15. The van der Waals surface area contributed by atoms with Gasteiger partial charge in [0.25, 0.3) is 5.91 Å². The molecule has 1 fully saturated rings. The van der Waals surface area contributed by atoms with Crippen LogP contribution in [-0.2, 0) is 16.9 Å². The van der Waals surface area contributed by atoms with Gasteiger partial charge >= 0.3 is 0 Å². The summed E-state index contributed by atoms with van der Waals surface area (Å²) in [6.45, 7) is 5.78. The zero-order chi connectivity index (χ0) is 23.1. The van der Waals surface area contributed by atoms with Gasteiger partial charge < -0.3 is 25.5 Å². The number of aromatic nitrogens is 3. The molecule has 0 atom stereocenters. The molecule has 1 aromatic carbocycles. The van der Waals surface area contributed by atoms with Gasteiger partial charge in [0.2, 0.25) is 0 Å². The molecule has 0 aliphatic heterocycles. The van der Waals surface area contributed by atoms with E-state index in [1.807, 2.05) is 28.8 Å². The summed E-state index contributed by atoms with van der Waals surface area (Å²) in [6.07, 6.45) is 3.25. The van der Waals surface area contributed by atoms with Crippen LogP contribution in [0.1, 0.15) is 55.2 Å². The van der Waals surface area contributed by atoms with Crippen molar-refractivity contribution >= 4 is 28.4 Å². The number of carbonyl (C=O) groups is 1. The molecule has 8 heteroatoms. The van der Waals surface area contributed by atoms with Gasteiger partial charge in [0, 0.05) is 18.3 Å². The van der Waals surface area contributed by atoms with Crippen molar-refractivity contribution in [2.45, 2.75) is 51.4 Å². The molecule has 4 N–H and O–H groups in total. The van der Waals surface area contributed by atoms with Crippen LogP contribution in [0.15, 0.2) is 30.6 Å². The van der Waals surface area contributed by atoms with Gasteiger partial charge in [-0.25, -0.2) is 9.97 Å². The number of nitrogens with two attached hydrogens (primary N) is 1. The Balaban J connectivity index is 1.87. The second kappa shape index (κ2) is 7.93. The lowest BCUT2D eigenvalue weighted by Crippen LogP contribution is -2.19. The van der Waals surface area contributed by atoms with Crippen molar-refractivity contribution in [2.75, 3.05) is 18.2 Å². The van der Waals surface area contributed by atoms with E-state index in [1.54, 1.807) is 21.0 Å². The molecule has 32 heavy (non-hydrogen) atoms. The van der Waals surface area contributed by atoms with E-state index in [0.717, 1.165) is 18.4 Å². The Morgan fingerprint density at radius 1 is 1.31 bits per heavy atom. The summed E-state index contributed by atoms with van der Waals surface area (Å²) < 4.78 is 7.10.